The number of halogens is 5. The van der Waals surface area contributed by atoms with Crippen molar-refractivity contribution >= 4 is 49.4 Å². The maximum Gasteiger partial charge on any atom is 0.282 e. The van der Waals surface area contributed by atoms with E-state index in [-0.39, 0.29) is 30.8 Å². The Bertz CT molecular complexity index is 1410. The van der Waals surface area contributed by atoms with Gasteiger partial charge in [0.2, 0.25) is 15.9 Å². The molecule has 1 N–H and O–H groups in total. The second kappa shape index (κ2) is 11.2. The monoisotopic (exact) mass is 647 g/mol. The topological polar surface area (TPSA) is 86.8 Å². The molecule has 1 atom stereocenters. The van der Waals surface area contributed by atoms with Crippen LogP contribution in [0.3, 0.4) is 0 Å². The van der Waals surface area contributed by atoms with Crippen LogP contribution in [-0.4, -0.2) is 73.2 Å². The van der Waals surface area contributed by atoms with Gasteiger partial charge < -0.3 is 10.2 Å². The van der Waals surface area contributed by atoms with E-state index >= 15 is 4.39 Å². The molecule has 210 valence electrons. The summed E-state index contributed by atoms with van der Waals surface area (Å²) in [5, 5.41) is 2.83. The fourth-order valence-corrected chi connectivity index (χ4v) is 6.68. The molecule has 7 nitrogen and oxygen atoms in total. The molecule has 0 spiro atoms. The van der Waals surface area contributed by atoms with E-state index in [2.05, 4.69) is 21.2 Å². The molecule has 13 heteroatoms. The van der Waals surface area contributed by atoms with Crippen molar-refractivity contribution in [1.82, 2.24) is 14.5 Å². The number of alkyl halides is 3. The van der Waals surface area contributed by atoms with Crippen molar-refractivity contribution in [3.8, 4) is 11.1 Å². The van der Waals surface area contributed by atoms with Gasteiger partial charge in [-0.15, -0.1) is 0 Å². The summed E-state index contributed by atoms with van der Waals surface area (Å²) in [6, 6.07) is 10.8. The largest absolute Gasteiger partial charge is 0.347 e. The lowest BCUT2D eigenvalue weighted by Crippen LogP contribution is -2.58. The van der Waals surface area contributed by atoms with E-state index in [9.17, 15) is 26.8 Å². The van der Waals surface area contributed by atoms with Crippen LogP contribution in [0.25, 0.3) is 11.1 Å². The zero-order valence-electron chi connectivity index (χ0n) is 20.8. The molecular weight excluding hydrogens is 623 g/mol. The predicted octanol–water partition coefficient (Wildman–Crippen LogP) is 4.80. The van der Waals surface area contributed by atoms with Crippen LogP contribution < -0.4 is 5.32 Å². The van der Waals surface area contributed by atoms with Crippen molar-refractivity contribution in [3.05, 3.63) is 64.1 Å². The smallest absolute Gasteiger partial charge is 0.282 e. The van der Waals surface area contributed by atoms with Gasteiger partial charge >= 0.3 is 0 Å². The maximum absolute atomic E-state index is 15.6. The van der Waals surface area contributed by atoms with E-state index in [0.29, 0.717) is 20.6 Å². The number of hydrogen-bond donors (Lipinski definition) is 1. The van der Waals surface area contributed by atoms with E-state index < -0.39 is 52.6 Å². The molecule has 2 aliphatic rings. The van der Waals surface area contributed by atoms with Crippen LogP contribution in [0.15, 0.2) is 64.0 Å². The molecule has 0 bridgehead atoms. The number of nitrogens with one attached hydrogen (secondary N) is 1. The van der Waals surface area contributed by atoms with Crippen LogP contribution in [-0.2, 0) is 19.6 Å². The number of benzene rings is 2. The van der Waals surface area contributed by atoms with Gasteiger partial charge in [-0.3, -0.25) is 9.59 Å². The summed E-state index contributed by atoms with van der Waals surface area (Å²) >= 11 is 9.70. The van der Waals surface area contributed by atoms with Crippen LogP contribution in [0.2, 0.25) is 5.02 Å². The van der Waals surface area contributed by atoms with Crippen LogP contribution in [0.1, 0.15) is 19.8 Å². The zero-order chi connectivity index (χ0) is 28.6. The number of rotatable bonds is 7. The minimum absolute atomic E-state index is 0.0120. The van der Waals surface area contributed by atoms with Gasteiger partial charge in [-0.2, -0.15) is 4.31 Å². The first-order valence-corrected chi connectivity index (χ1v) is 14.7. The van der Waals surface area contributed by atoms with E-state index in [1.54, 1.807) is 36.4 Å². The zero-order valence-corrected chi connectivity index (χ0v) is 24.0. The second-order valence-electron chi connectivity index (χ2n) is 9.66. The number of nitrogens with zero attached hydrogens (tertiary/aromatic N) is 2. The predicted molar refractivity (Wildman–Crippen MR) is 145 cm³/mol. The molecule has 2 amide bonds. The first-order valence-electron chi connectivity index (χ1n) is 12.1. The molecule has 2 aliphatic heterocycles. The summed E-state index contributed by atoms with van der Waals surface area (Å²) in [5.41, 5.74) is -1.40. The van der Waals surface area contributed by atoms with Gasteiger partial charge in [0.1, 0.15) is 0 Å². The molecule has 0 unspecified atom stereocenters. The van der Waals surface area contributed by atoms with Crippen molar-refractivity contribution in [2.45, 2.75) is 42.3 Å². The Labute approximate surface area is 238 Å². The SMILES string of the molecule is C[C@H](/C=C/C(=O)N1CC(F)(F)C1)NC(=O)C1(F)CCN(S(=O)(=O)c2ccc(Br)cc2-c2ccccc2Cl)CC1. The lowest BCUT2D eigenvalue weighted by Gasteiger charge is -2.38. The number of carbonyl (C=O) groups is 2. The lowest BCUT2D eigenvalue weighted by molar-refractivity contribution is -0.160. The number of sulfonamides is 1. The average Bonchev–Trinajstić information content (AvgIpc) is 2.86. The first kappa shape index (κ1) is 29.6. The Morgan fingerprint density at radius 2 is 1.72 bits per heavy atom. The Balaban J connectivity index is 1.41. The quantitative estimate of drug-likeness (QED) is 0.437. The van der Waals surface area contributed by atoms with Crippen LogP contribution in [0, 0.1) is 0 Å². The summed E-state index contributed by atoms with van der Waals surface area (Å²) in [6.45, 7) is -0.264. The normalized spacial score (nSPS) is 19.9. The van der Waals surface area contributed by atoms with Gasteiger partial charge in [-0.05, 0) is 31.2 Å². The highest BCUT2D eigenvalue weighted by atomic mass is 79.9. The van der Waals surface area contributed by atoms with Crippen molar-refractivity contribution in [1.29, 1.82) is 0 Å². The standard InChI is InChI=1S/C26H26BrClF3N3O4S/c1-17(6-9-23(35)33-15-26(30,31)16-33)32-24(36)25(29)10-12-34(13-11-25)39(37,38)22-8-7-18(27)14-20(22)19-4-2-3-5-21(19)28/h2-9,14,17H,10-13,15-16H2,1H3,(H,32,36)/b9-6+/t17-/m1/s1. The summed E-state index contributed by atoms with van der Waals surface area (Å²) in [5.74, 6) is -4.44. The minimum Gasteiger partial charge on any atom is -0.347 e. The Kier molecular flexibility index (Phi) is 8.51. The van der Waals surface area contributed by atoms with Gasteiger partial charge in [-0.25, -0.2) is 21.6 Å². The molecule has 0 aliphatic carbocycles. The van der Waals surface area contributed by atoms with Crippen LogP contribution >= 0.6 is 27.5 Å². The Morgan fingerprint density at radius 1 is 1.08 bits per heavy atom. The third-order valence-corrected chi connectivity index (χ3v) is 9.47. The summed E-state index contributed by atoms with van der Waals surface area (Å²) in [6.07, 6.45) is 1.63. The van der Waals surface area contributed by atoms with Gasteiger partial charge in [0, 0.05) is 58.7 Å². The third kappa shape index (κ3) is 6.50. The summed E-state index contributed by atoms with van der Waals surface area (Å²) < 4.78 is 70.4. The number of carbonyl (C=O) groups excluding carboxylic acids is 2. The van der Waals surface area contributed by atoms with E-state index in [4.69, 9.17) is 11.6 Å². The molecule has 4 rings (SSSR count). The number of amides is 2. The molecular formula is C26H26BrClF3N3O4S. The molecule has 2 heterocycles. The number of hydrogen-bond acceptors (Lipinski definition) is 4. The molecule has 0 radical (unpaired) electrons. The van der Waals surface area contributed by atoms with Crippen molar-refractivity contribution in [2.24, 2.45) is 0 Å². The summed E-state index contributed by atoms with van der Waals surface area (Å²) in [4.78, 5) is 25.6. The van der Waals surface area contributed by atoms with Gasteiger partial charge in [0.15, 0.2) is 5.67 Å². The average molecular weight is 649 g/mol. The van der Waals surface area contributed by atoms with Crippen molar-refractivity contribution in [2.75, 3.05) is 26.2 Å². The highest BCUT2D eigenvalue weighted by Crippen LogP contribution is 2.38. The Morgan fingerprint density at radius 3 is 2.33 bits per heavy atom. The highest BCUT2D eigenvalue weighted by Gasteiger charge is 2.46. The molecule has 2 fully saturated rings. The fraction of sp³-hybridized carbons (Fsp3) is 0.385. The summed E-state index contributed by atoms with van der Waals surface area (Å²) in [7, 11) is -4.06. The van der Waals surface area contributed by atoms with Crippen LogP contribution in [0.5, 0.6) is 0 Å². The maximum atomic E-state index is 15.6. The highest BCUT2D eigenvalue weighted by molar-refractivity contribution is 9.10. The van der Waals surface area contributed by atoms with Crippen molar-refractivity contribution < 1.29 is 31.2 Å². The van der Waals surface area contributed by atoms with Gasteiger partial charge in [0.25, 0.3) is 11.8 Å². The fourth-order valence-electron chi connectivity index (χ4n) is 4.45. The van der Waals surface area contributed by atoms with Crippen LogP contribution in [0.4, 0.5) is 13.2 Å². The minimum atomic E-state index is -4.06. The van der Waals surface area contributed by atoms with Gasteiger partial charge in [-0.1, -0.05) is 51.8 Å². The van der Waals surface area contributed by atoms with E-state index in [0.717, 1.165) is 15.3 Å². The molecule has 2 aromatic rings. The molecule has 0 aromatic heterocycles. The van der Waals surface area contributed by atoms with Crippen molar-refractivity contribution in [3.63, 3.8) is 0 Å². The van der Waals surface area contributed by atoms with E-state index in [1.807, 2.05) is 0 Å². The number of piperidine rings is 1. The van der Waals surface area contributed by atoms with Gasteiger partial charge in [0.05, 0.1) is 18.0 Å². The number of likely N-dealkylation sites (tertiary alicyclic amines) is 1. The molecule has 2 aromatic carbocycles. The first-order chi connectivity index (χ1) is 18.2. The lowest BCUT2D eigenvalue weighted by atomic mass is 9.93. The molecule has 2 saturated heterocycles. The third-order valence-electron chi connectivity index (χ3n) is 6.69. The Hall–Kier alpha value is -2.41. The van der Waals surface area contributed by atoms with E-state index in [1.165, 1.54) is 19.1 Å². The molecule has 39 heavy (non-hydrogen) atoms. The molecule has 0 saturated carbocycles. The second-order valence-corrected chi connectivity index (χ2v) is 12.9.